The number of nitrogens with zero attached hydrogens (tertiary/aromatic N) is 3. The zero-order chi connectivity index (χ0) is 9.97. The third-order valence-electron chi connectivity index (χ3n) is 2.30. The molecule has 4 heteroatoms. The van der Waals surface area contributed by atoms with Crippen LogP contribution in [-0.4, -0.2) is 35.0 Å². The Labute approximate surface area is 83.5 Å². The molecule has 74 valence electrons. The van der Waals surface area contributed by atoms with Crippen molar-refractivity contribution in [2.45, 2.75) is 13.1 Å². The summed E-state index contributed by atoms with van der Waals surface area (Å²) in [6.45, 7) is 3.72. The zero-order valence-corrected chi connectivity index (χ0v) is 8.22. The Bertz CT molecular complexity index is 331. The van der Waals surface area contributed by atoms with E-state index in [1.54, 1.807) is 12.4 Å². The van der Waals surface area contributed by atoms with Crippen molar-refractivity contribution >= 4 is 5.84 Å². The van der Waals surface area contributed by atoms with Crippen molar-refractivity contribution in [3.05, 3.63) is 30.1 Å². The van der Waals surface area contributed by atoms with Crippen LogP contribution < -0.4 is 5.73 Å². The summed E-state index contributed by atoms with van der Waals surface area (Å²) in [5.74, 6) is 0.988. The highest BCUT2D eigenvalue weighted by Crippen LogP contribution is 2.11. The van der Waals surface area contributed by atoms with E-state index < -0.39 is 0 Å². The van der Waals surface area contributed by atoms with Crippen molar-refractivity contribution in [2.24, 2.45) is 10.7 Å². The molecule has 4 nitrogen and oxygen atoms in total. The highest BCUT2D eigenvalue weighted by atomic mass is 15.3. The van der Waals surface area contributed by atoms with Crippen molar-refractivity contribution < 1.29 is 0 Å². The molecule has 0 aliphatic carbocycles. The Morgan fingerprint density at radius 2 is 2.14 bits per heavy atom. The van der Waals surface area contributed by atoms with Crippen LogP contribution in [0.5, 0.6) is 0 Å². The number of hydrogen-bond donors (Lipinski definition) is 1. The number of hydrogen-bond acceptors (Lipinski definition) is 4. The van der Waals surface area contributed by atoms with Crippen molar-refractivity contribution in [3.63, 3.8) is 0 Å². The molecule has 14 heavy (non-hydrogen) atoms. The van der Waals surface area contributed by atoms with Gasteiger partial charge in [-0.25, -0.2) is 0 Å². The number of nitrogens with two attached hydrogens (primary N) is 1. The molecule has 0 saturated heterocycles. The largest absolute Gasteiger partial charge is 0.340 e. The van der Waals surface area contributed by atoms with Crippen molar-refractivity contribution in [1.29, 1.82) is 0 Å². The summed E-state index contributed by atoms with van der Waals surface area (Å²) in [4.78, 5) is 10.5. The monoisotopic (exact) mass is 190 g/mol. The molecule has 1 aliphatic rings. The molecule has 1 atom stereocenters. The lowest BCUT2D eigenvalue weighted by atomic mass is 10.2. The van der Waals surface area contributed by atoms with Crippen LogP contribution in [0.25, 0.3) is 0 Å². The number of aliphatic imine (C=N–C) groups is 1. The SMILES string of the molecule is CC(N)N1CCN=C1c1ccncc1. The number of amidine groups is 1. The summed E-state index contributed by atoms with van der Waals surface area (Å²) in [6.07, 6.45) is 3.56. The Hall–Kier alpha value is -1.42. The van der Waals surface area contributed by atoms with Crippen LogP contribution in [-0.2, 0) is 0 Å². The average Bonchev–Trinajstić information content (AvgIpc) is 2.67. The molecular formula is C10H14N4. The van der Waals surface area contributed by atoms with Gasteiger partial charge < -0.3 is 10.6 Å². The van der Waals surface area contributed by atoms with E-state index in [9.17, 15) is 0 Å². The second-order valence-electron chi connectivity index (χ2n) is 3.38. The fraction of sp³-hybridized carbons (Fsp3) is 0.400. The van der Waals surface area contributed by atoms with Crippen LogP contribution in [0.2, 0.25) is 0 Å². The van der Waals surface area contributed by atoms with Gasteiger partial charge in [-0.1, -0.05) is 0 Å². The van der Waals surface area contributed by atoms with E-state index in [1.807, 2.05) is 19.1 Å². The smallest absolute Gasteiger partial charge is 0.132 e. The maximum Gasteiger partial charge on any atom is 0.132 e. The highest BCUT2D eigenvalue weighted by Gasteiger charge is 2.20. The summed E-state index contributed by atoms with van der Waals surface area (Å²) in [5.41, 5.74) is 6.95. The van der Waals surface area contributed by atoms with Crippen LogP contribution in [0.15, 0.2) is 29.5 Å². The number of pyridine rings is 1. The van der Waals surface area contributed by atoms with Gasteiger partial charge in [0.2, 0.25) is 0 Å². The van der Waals surface area contributed by atoms with Crippen LogP contribution in [0.3, 0.4) is 0 Å². The first-order valence-electron chi connectivity index (χ1n) is 4.76. The van der Waals surface area contributed by atoms with Gasteiger partial charge in [-0.2, -0.15) is 0 Å². The second-order valence-corrected chi connectivity index (χ2v) is 3.38. The summed E-state index contributed by atoms with van der Waals surface area (Å²) in [7, 11) is 0. The van der Waals surface area contributed by atoms with Gasteiger partial charge in [0.05, 0.1) is 12.7 Å². The second kappa shape index (κ2) is 3.75. The first-order valence-corrected chi connectivity index (χ1v) is 4.76. The molecule has 0 saturated carbocycles. The van der Waals surface area contributed by atoms with Gasteiger partial charge >= 0.3 is 0 Å². The molecule has 2 heterocycles. The van der Waals surface area contributed by atoms with Gasteiger partial charge in [0.15, 0.2) is 0 Å². The van der Waals surface area contributed by atoms with E-state index in [0.29, 0.717) is 0 Å². The molecule has 0 spiro atoms. The zero-order valence-electron chi connectivity index (χ0n) is 8.22. The number of aromatic nitrogens is 1. The minimum Gasteiger partial charge on any atom is -0.340 e. The van der Waals surface area contributed by atoms with Crippen LogP contribution in [0.1, 0.15) is 12.5 Å². The Morgan fingerprint density at radius 1 is 1.43 bits per heavy atom. The average molecular weight is 190 g/mol. The molecule has 2 N–H and O–H groups in total. The molecule has 0 bridgehead atoms. The Kier molecular flexibility index (Phi) is 2.45. The maximum atomic E-state index is 5.85. The van der Waals surface area contributed by atoms with Crippen LogP contribution in [0, 0.1) is 0 Å². The van der Waals surface area contributed by atoms with E-state index in [1.165, 1.54) is 0 Å². The quantitative estimate of drug-likeness (QED) is 0.736. The summed E-state index contributed by atoms with van der Waals surface area (Å²) < 4.78 is 0. The van der Waals surface area contributed by atoms with E-state index in [0.717, 1.165) is 24.5 Å². The molecule has 2 rings (SSSR count). The Balaban J connectivity index is 2.26. The van der Waals surface area contributed by atoms with Gasteiger partial charge in [-0.05, 0) is 19.1 Å². The minimum atomic E-state index is 0.0180. The van der Waals surface area contributed by atoms with Crippen LogP contribution in [0.4, 0.5) is 0 Å². The van der Waals surface area contributed by atoms with E-state index in [2.05, 4.69) is 14.9 Å². The summed E-state index contributed by atoms with van der Waals surface area (Å²) in [6, 6.07) is 3.92. The van der Waals surface area contributed by atoms with Gasteiger partial charge in [-0.3, -0.25) is 9.98 Å². The topological polar surface area (TPSA) is 54.5 Å². The first kappa shape index (κ1) is 9.15. The molecule has 1 aromatic heterocycles. The minimum absolute atomic E-state index is 0.0180. The Morgan fingerprint density at radius 3 is 2.79 bits per heavy atom. The van der Waals surface area contributed by atoms with Gasteiger partial charge in [0.1, 0.15) is 5.84 Å². The van der Waals surface area contributed by atoms with E-state index in [-0.39, 0.29) is 6.17 Å². The lowest BCUT2D eigenvalue weighted by Crippen LogP contribution is -2.42. The molecule has 0 radical (unpaired) electrons. The van der Waals surface area contributed by atoms with Gasteiger partial charge in [0, 0.05) is 24.5 Å². The van der Waals surface area contributed by atoms with Crippen LogP contribution >= 0.6 is 0 Å². The first-order chi connectivity index (χ1) is 6.79. The van der Waals surface area contributed by atoms with Crippen molar-refractivity contribution in [2.75, 3.05) is 13.1 Å². The predicted molar refractivity (Wildman–Crippen MR) is 56.0 cm³/mol. The van der Waals surface area contributed by atoms with E-state index >= 15 is 0 Å². The fourth-order valence-corrected chi connectivity index (χ4v) is 1.61. The number of rotatable bonds is 2. The molecule has 0 amide bonds. The fourth-order valence-electron chi connectivity index (χ4n) is 1.61. The predicted octanol–water partition coefficient (Wildman–Crippen LogP) is 0.448. The van der Waals surface area contributed by atoms with E-state index in [4.69, 9.17) is 5.73 Å². The van der Waals surface area contributed by atoms with Gasteiger partial charge in [0.25, 0.3) is 0 Å². The molecule has 1 aliphatic heterocycles. The lowest BCUT2D eigenvalue weighted by Gasteiger charge is -2.24. The third kappa shape index (κ3) is 1.61. The summed E-state index contributed by atoms with van der Waals surface area (Å²) in [5, 5.41) is 0. The van der Waals surface area contributed by atoms with Gasteiger partial charge in [-0.15, -0.1) is 0 Å². The van der Waals surface area contributed by atoms with Crippen molar-refractivity contribution in [3.8, 4) is 0 Å². The molecule has 1 unspecified atom stereocenters. The molecule has 0 aromatic carbocycles. The standard InChI is InChI=1S/C10H14N4/c1-8(11)14-7-6-13-10(14)9-2-4-12-5-3-9/h2-5,8H,6-7,11H2,1H3. The molecular weight excluding hydrogens is 176 g/mol. The third-order valence-corrected chi connectivity index (χ3v) is 2.30. The lowest BCUT2D eigenvalue weighted by molar-refractivity contribution is 0.366. The summed E-state index contributed by atoms with van der Waals surface area (Å²) >= 11 is 0. The van der Waals surface area contributed by atoms with Crippen molar-refractivity contribution in [1.82, 2.24) is 9.88 Å². The maximum absolute atomic E-state index is 5.85. The highest BCUT2D eigenvalue weighted by molar-refractivity contribution is 5.99. The molecule has 0 fully saturated rings. The normalized spacial score (nSPS) is 18.1. The molecule has 1 aromatic rings.